The average Bonchev–Trinajstić information content (AvgIpc) is 3.25. The lowest BCUT2D eigenvalue weighted by Gasteiger charge is -2.33. The number of fused-ring (bicyclic) bond motifs is 1. The van der Waals surface area contributed by atoms with Gasteiger partial charge in [-0.25, -0.2) is 4.98 Å². The molecule has 0 spiro atoms. The molecule has 180 valence electrons. The summed E-state index contributed by atoms with van der Waals surface area (Å²) in [6, 6.07) is 13.9. The molecule has 0 saturated heterocycles. The summed E-state index contributed by atoms with van der Waals surface area (Å²) < 4.78 is 7.56. The second kappa shape index (κ2) is 10.4. The van der Waals surface area contributed by atoms with Crippen molar-refractivity contribution in [3.8, 4) is 17.1 Å². The second-order valence-electron chi connectivity index (χ2n) is 9.83. The first kappa shape index (κ1) is 23.2. The van der Waals surface area contributed by atoms with Gasteiger partial charge in [0.2, 0.25) is 5.91 Å². The first-order valence-electron chi connectivity index (χ1n) is 12.8. The number of halogens is 1. The summed E-state index contributed by atoms with van der Waals surface area (Å²) in [4.78, 5) is 19.0. The third kappa shape index (κ3) is 4.68. The van der Waals surface area contributed by atoms with Crippen molar-refractivity contribution in [1.29, 1.82) is 0 Å². The maximum atomic E-state index is 14.0. The van der Waals surface area contributed by atoms with Crippen molar-refractivity contribution < 1.29 is 9.53 Å². The summed E-state index contributed by atoms with van der Waals surface area (Å²) in [6.45, 7) is 0. The Hall–Kier alpha value is -2.53. The number of ether oxygens (including phenoxy) is 1. The Bertz CT molecular complexity index is 1150. The van der Waals surface area contributed by atoms with Gasteiger partial charge in [0.1, 0.15) is 17.6 Å². The maximum Gasteiger partial charge on any atom is 0.243 e. The van der Waals surface area contributed by atoms with E-state index in [1.807, 2.05) is 36.4 Å². The number of carbonyl (C=O) groups is 1. The van der Waals surface area contributed by atoms with Crippen molar-refractivity contribution in [1.82, 2.24) is 14.9 Å². The SMILES string of the molecule is COc1ccc(-c2nc3ccccc3n2[C@H](C(=O)NC2CCCCC2)C2CCCCC2)cc1Cl. The van der Waals surface area contributed by atoms with Crippen molar-refractivity contribution in [3.05, 3.63) is 47.5 Å². The predicted octanol–water partition coefficient (Wildman–Crippen LogP) is 6.94. The van der Waals surface area contributed by atoms with E-state index < -0.39 is 0 Å². The van der Waals surface area contributed by atoms with Crippen LogP contribution < -0.4 is 10.1 Å². The van der Waals surface area contributed by atoms with Gasteiger partial charge < -0.3 is 14.6 Å². The minimum Gasteiger partial charge on any atom is -0.495 e. The van der Waals surface area contributed by atoms with E-state index in [1.54, 1.807) is 7.11 Å². The molecule has 2 aromatic carbocycles. The zero-order chi connectivity index (χ0) is 23.5. The van der Waals surface area contributed by atoms with Gasteiger partial charge in [0, 0.05) is 11.6 Å². The van der Waals surface area contributed by atoms with E-state index in [2.05, 4.69) is 16.0 Å². The van der Waals surface area contributed by atoms with E-state index in [1.165, 1.54) is 38.5 Å². The first-order valence-corrected chi connectivity index (χ1v) is 13.1. The van der Waals surface area contributed by atoms with Gasteiger partial charge in [0.15, 0.2) is 0 Å². The number of para-hydroxylation sites is 2. The number of carbonyl (C=O) groups excluding carboxylic acids is 1. The largest absolute Gasteiger partial charge is 0.495 e. The molecule has 1 atom stereocenters. The molecule has 0 bridgehead atoms. The summed E-state index contributed by atoms with van der Waals surface area (Å²) in [5.41, 5.74) is 2.79. The third-order valence-corrected chi connectivity index (χ3v) is 7.90. The molecule has 6 heteroatoms. The number of aromatic nitrogens is 2. The number of amides is 1. The van der Waals surface area contributed by atoms with Crippen molar-refractivity contribution in [2.45, 2.75) is 76.3 Å². The summed E-state index contributed by atoms with van der Waals surface area (Å²) in [5.74, 6) is 1.86. The van der Waals surface area contributed by atoms with Gasteiger partial charge in [-0.1, -0.05) is 62.3 Å². The Kier molecular flexibility index (Phi) is 7.10. The molecule has 1 aromatic heterocycles. The fourth-order valence-electron chi connectivity index (χ4n) is 5.86. The summed E-state index contributed by atoms with van der Waals surface area (Å²) in [7, 11) is 1.62. The highest BCUT2D eigenvalue weighted by Gasteiger charge is 2.35. The summed E-state index contributed by atoms with van der Waals surface area (Å²) in [6.07, 6.45) is 11.6. The molecule has 0 aliphatic heterocycles. The highest BCUT2D eigenvalue weighted by Crippen LogP contribution is 2.39. The second-order valence-corrected chi connectivity index (χ2v) is 10.2. The van der Waals surface area contributed by atoms with Crippen LogP contribution in [0.2, 0.25) is 5.02 Å². The molecule has 1 heterocycles. The van der Waals surface area contributed by atoms with Crippen LogP contribution in [0.4, 0.5) is 0 Å². The van der Waals surface area contributed by atoms with Crippen molar-refractivity contribution >= 4 is 28.5 Å². The zero-order valence-electron chi connectivity index (χ0n) is 19.9. The van der Waals surface area contributed by atoms with E-state index in [0.29, 0.717) is 16.7 Å². The Morgan fingerprint density at radius 2 is 1.74 bits per heavy atom. The van der Waals surface area contributed by atoms with E-state index in [0.717, 1.165) is 48.1 Å². The lowest BCUT2D eigenvalue weighted by Crippen LogP contribution is -2.43. The Morgan fingerprint density at radius 3 is 2.44 bits per heavy atom. The molecule has 1 N–H and O–H groups in total. The average molecular weight is 480 g/mol. The van der Waals surface area contributed by atoms with Gasteiger partial charge in [-0.2, -0.15) is 0 Å². The third-order valence-electron chi connectivity index (χ3n) is 7.60. The summed E-state index contributed by atoms with van der Waals surface area (Å²) >= 11 is 6.51. The number of nitrogens with one attached hydrogen (secondary N) is 1. The summed E-state index contributed by atoms with van der Waals surface area (Å²) in [5, 5.41) is 3.99. The van der Waals surface area contributed by atoms with E-state index in [4.69, 9.17) is 21.3 Å². The fraction of sp³-hybridized carbons (Fsp3) is 0.500. The van der Waals surface area contributed by atoms with Gasteiger partial charge in [0.05, 0.1) is 23.2 Å². The molecule has 5 rings (SSSR count). The van der Waals surface area contributed by atoms with Crippen LogP contribution >= 0.6 is 11.6 Å². The topological polar surface area (TPSA) is 56.2 Å². The molecule has 2 aliphatic carbocycles. The van der Waals surface area contributed by atoms with Gasteiger partial charge >= 0.3 is 0 Å². The Labute approximate surface area is 206 Å². The number of nitrogens with zero attached hydrogens (tertiary/aromatic N) is 2. The standard InChI is InChI=1S/C28H34ClN3O2/c1-34-25-17-16-20(18-22(25)29)27-31-23-14-8-9-15-24(23)32(27)26(19-10-4-2-5-11-19)28(33)30-21-12-6-3-7-13-21/h8-9,14-19,21,26H,2-7,10-13H2,1H3,(H,30,33)/t26-/m0/s1. The molecule has 0 radical (unpaired) electrons. The Morgan fingerprint density at radius 1 is 1.03 bits per heavy atom. The molecule has 2 aliphatic rings. The van der Waals surface area contributed by atoms with E-state index in [-0.39, 0.29) is 18.0 Å². The lowest BCUT2D eigenvalue weighted by molar-refractivity contribution is -0.127. The quantitative estimate of drug-likeness (QED) is 0.416. The molecule has 3 aromatic rings. The van der Waals surface area contributed by atoms with Crippen molar-refractivity contribution in [3.63, 3.8) is 0 Å². The van der Waals surface area contributed by atoms with Gasteiger partial charge in [-0.3, -0.25) is 4.79 Å². The van der Waals surface area contributed by atoms with E-state index in [9.17, 15) is 4.79 Å². The smallest absolute Gasteiger partial charge is 0.243 e. The van der Waals surface area contributed by atoms with Gasteiger partial charge in [0.25, 0.3) is 0 Å². The number of benzene rings is 2. The number of hydrogen-bond acceptors (Lipinski definition) is 3. The van der Waals surface area contributed by atoms with Crippen LogP contribution in [0.15, 0.2) is 42.5 Å². The normalized spacial score (nSPS) is 18.6. The predicted molar refractivity (Wildman–Crippen MR) is 137 cm³/mol. The van der Waals surface area contributed by atoms with Crippen LogP contribution in [0, 0.1) is 5.92 Å². The number of rotatable bonds is 6. The number of hydrogen-bond donors (Lipinski definition) is 1. The fourth-order valence-corrected chi connectivity index (χ4v) is 6.12. The van der Waals surface area contributed by atoms with Crippen LogP contribution in [0.25, 0.3) is 22.4 Å². The van der Waals surface area contributed by atoms with Gasteiger partial charge in [-0.05, 0) is 61.9 Å². The molecular weight excluding hydrogens is 446 g/mol. The molecule has 0 unspecified atom stereocenters. The number of methoxy groups -OCH3 is 1. The van der Waals surface area contributed by atoms with Crippen molar-refractivity contribution in [2.75, 3.05) is 7.11 Å². The molecule has 34 heavy (non-hydrogen) atoms. The minimum absolute atomic E-state index is 0.141. The molecule has 2 saturated carbocycles. The van der Waals surface area contributed by atoms with Crippen LogP contribution in [0.5, 0.6) is 5.75 Å². The minimum atomic E-state index is -0.287. The van der Waals surface area contributed by atoms with Crippen LogP contribution in [-0.2, 0) is 4.79 Å². The monoisotopic (exact) mass is 479 g/mol. The molecule has 5 nitrogen and oxygen atoms in total. The van der Waals surface area contributed by atoms with Gasteiger partial charge in [-0.15, -0.1) is 0 Å². The molecular formula is C28H34ClN3O2. The maximum absolute atomic E-state index is 14.0. The van der Waals surface area contributed by atoms with Crippen molar-refractivity contribution in [2.24, 2.45) is 5.92 Å². The van der Waals surface area contributed by atoms with Crippen LogP contribution in [0.3, 0.4) is 0 Å². The zero-order valence-corrected chi connectivity index (χ0v) is 20.7. The van der Waals surface area contributed by atoms with E-state index >= 15 is 0 Å². The highest BCUT2D eigenvalue weighted by molar-refractivity contribution is 6.32. The molecule has 1 amide bonds. The number of imidazole rings is 1. The highest BCUT2D eigenvalue weighted by atomic mass is 35.5. The lowest BCUT2D eigenvalue weighted by atomic mass is 9.82. The first-order chi connectivity index (χ1) is 16.7. The van der Waals surface area contributed by atoms with Crippen LogP contribution in [-0.4, -0.2) is 28.6 Å². The van der Waals surface area contributed by atoms with Crippen LogP contribution in [0.1, 0.15) is 70.3 Å². The molecule has 2 fully saturated rings. The Balaban J connectivity index is 1.62.